The van der Waals surface area contributed by atoms with Gasteiger partial charge in [0.25, 0.3) is 5.91 Å². The van der Waals surface area contributed by atoms with Crippen LogP contribution in [-0.2, 0) is 22.6 Å². The molecule has 1 aliphatic rings. The minimum absolute atomic E-state index is 0.0793. The highest BCUT2D eigenvalue weighted by Crippen LogP contribution is 2.19. The van der Waals surface area contributed by atoms with Gasteiger partial charge in [0, 0.05) is 26.2 Å². The van der Waals surface area contributed by atoms with E-state index in [0.29, 0.717) is 13.0 Å². The van der Waals surface area contributed by atoms with Gasteiger partial charge in [-0.1, -0.05) is 37.3 Å². The van der Waals surface area contributed by atoms with E-state index in [9.17, 15) is 4.79 Å². The maximum atomic E-state index is 12.6. The van der Waals surface area contributed by atoms with E-state index >= 15 is 0 Å². The van der Waals surface area contributed by atoms with Gasteiger partial charge in [-0.15, -0.1) is 0 Å². The largest absolute Gasteiger partial charge is 0.481 e. The lowest BCUT2D eigenvalue weighted by atomic mass is 10.1. The molecule has 1 N–H and O–H groups in total. The van der Waals surface area contributed by atoms with Crippen LogP contribution in [0.2, 0.25) is 0 Å². The van der Waals surface area contributed by atoms with E-state index in [-0.39, 0.29) is 5.91 Å². The van der Waals surface area contributed by atoms with Gasteiger partial charge in [0.05, 0.1) is 13.2 Å². The molecule has 3 rings (SSSR count). The van der Waals surface area contributed by atoms with Crippen molar-refractivity contribution in [1.29, 1.82) is 0 Å². The van der Waals surface area contributed by atoms with Gasteiger partial charge in [-0.2, -0.15) is 0 Å². The third-order valence-electron chi connectivity index (χ3n) is 5.39. The summed E-state index contributed by atoms with van der Waals surface area (Å²) in [6.45, 7) is 11.0. The number of carbonyl (C=O) groups excluding carboxylic acids is 1. The van der Waals surface area contributed by atoms with Gasteiger partial charge >= 0.3 is 0 Å². The first-order valence-electron chi connectivity index (χ1n) is 10.4. The SMILES string of the molecule is CC[C@H](Oc1ccc(C)c(C)c1)C(=O)NCc1cccc(CN2CCOCC2)c1. The first kappa shape index (κ1) is 21.3. The number of hydrogen-bond acceptors (Lipinski definition) is 4. The second-order valence-electron chi connectivity index (χ2n) is 7.69. The number of rotatable bonds is 8. The molecular weight excluding hydrogens is 364 g/mol. The Bertz CT molecular complexity index is 816. The van der Waals surface area contributed by atoms with Crippen molar-refractivity contribution >= 4 is 5.91 Å². The minimum atomic E-state index is -0.492. The van der Waals surface area contributed by atoms with Crippen molar-refractivity contribution in [1.82, 2.24) is 10.2 Å². The lowest BCUT2D eigenvalue weighted by Gasteiger charge is -2.26. The Morgan fingerprint density at radius 3 is 2.59 bits per heavy atom. The molecule has 0 unspecified atom stereocenters. The summed E-state index contributed by atoms with van der Waals surface area (Å²) in [7, 11) is 0. The van der Waals surface area contributed by atoms with Gasteiger partial charge in [-0.05, 0) is 54.7 Å². The van der Waals surface area contributed by atoms with E-state index in [1.165, 1.54) is 11.1 Å². The summed E-state index contributed by atoms with van der Waals surface area (Å²) in [6, 6.07) is 14.3. The molecule has 156 valence electrons. The molecule has 0 aliphatic carbocycles. The van der Waals surface area contributed by atoms with Crippen molar-refractivity contribution in [2.24, 2.45) is 0 Å². The number of hydrogen-bond donors (Lipinski definition) is 1. The molecular formula is C24H32N2O3. The lowest BCUT2D eigenvalue weighted by molar-refractivity contribution is -0.128. The van der Waals surface area contributed by atoms with Crippen LogP contribution in [0.15, 0.2) is 42.5 Å². The Balaban J connectivity index is 1.54. The third-order valence-corrected chi connectivity index (χ3v) is 5.39. The van der Waals surface area contributed by atoms with Crippen molar-refractivity contribution in [2.75, 3.05) is 26.3 Å². The highest BCUT2D eigenvalue weighted by atomic mass is 16.5. The molecule has 0 saturated carbocycles. The van der Waals surface area contributed by atoms with Gasteiger partial charge in [-0.25, -0.2) is 0 Å². The fourth-order valence-electron chi connectivity index (χ4n) is 3.43. The number of morpholine rings is 1. The predicted molar refractivity (Wildman–Crippen MR) is 115 cm³/mol. The molecule has 1 saturated heterocycles. The molecule has 0 spiro atoms. The lowest BCUT2D eigenvalue weighted by Crippen LogP contribution is -2.37. The normalized spacial score (nSPS) is 15.7. The second-order valence-corrected chi connectivity index (χ2v) is 7.69. The molecule has 1 fully saturated rings. The Morgan fingerprint density at radius 1 is 1.10 bits per heavy atom. The number of benzene rings is 2. The highest BCUT2D eigenvalue weighted by molar-refractivity contribution is 5.81. The van der Waals surface area contributed by atoms with Crippen molar-refractivity contribution in [3.63, 3.8) is 0 Å². The van der Waals surface area contributed by atoms with Crippen molar-refractivity contribution < 1.29 is 14.3 Å². The molecule has 1 heterocycles. The third kappa shape index (κ3) is 6.31. The number of amides is 1. The smallest absolute Gasteiger partial charge is 0.261 e. The molecule has 2 aromatic carbocycles. The molecule has 1 aliphatic heterocycles. The van der Waals surface area contributed by atoms with E-state index in [2.05, 4.69) is 35.3 Å². The molecule has 1 atom stereocenters. The first-order valence-corrected chi connectivity index (χ1v) is 10.4. The van der Waals surface area contributed by atoms with Gasteiger partial charge in [0.1, 0.15) is 5.75 Å². The van der Waals surface area contributed by atoms with Gasteiger partial charge < -0.3 is 14.8 Å². The summed E-state index contributed by atoms with van der Waals surface area (Å²) in [5, 5.41) is 3.03. The molecule has 1 amide bonds. The zero-order valence-electron chi connectivity index (χ0n) is 17.7. The molecule has 0 bridgehead atoms. The highest BCUT2D eigenvalue weighted by Gasteiger charge is 2.18. The maximum absolute atomic E-state index is 12.6. The molecule has 2 aromatic rings. The average Bonchev–Trinajstić information content (AvgIpc) is 2.74. The number of carbonyl (C=O) groups is 1. The number of nitrogens with zero attached hydrogens (tertiary/aromatic N) is 1. The van der Waals surface area contributed by atoms with Gasteiger partial charge in [-0.3, -0.25) is 9.69 Å². The number of aryl methyl sites for hydroxylation is 2. The molecule has 0 aromatic heterocycles. The molecule has 0 radical (unpaired) electrons. The van der Waals surface area contributed by atoms with E-state index in [1.807, 2.05) is 38.1 Å². The summed E-state index contributed by atoms with van der Waals surface area (Å²) in [4.78, 5) is 15.0. The van der Waals surface area contributed by atoms with Crippen LogP contribution in [0.3, 0.4) is 0 Å². The van der Waals surface area contributed by atoms with E-state index in [0.717, 1.165) is 49.7 Å². The monoisotopic (exact) mass is 396 g/mol. The minimum Gasteiger partial charge on any atom is -0.481 e. The van der Waals surface area contributed by atoms with Crippen molar-refractivity contribution in [2.45, 2.75) is 46.4 Å². The Morgan fingerprint density at radius 2 is 1.86 bits per heavy atom. The predicted octanol–water partition coefficient (Wildman–Crippen LogP) is 3.61. The topological polar surface area (TPSA) is 50.8 Å². The molecule has 5 nitrogen and oxygen atoms in total. The summed E-state index contributed by atoms with van der Waals surface area (Å²) in [6.07, 6.45) is 0.129. The Labute approximate surface area is 174 Å². The maximum Gasteiger partial charge on any atom is 0.261 e. The van der Waals surface area contributed by atoms with E-state index in [1.54, 1.807) is 0 Å². The molecule has 5 heteroatoms. The summed E-state index contributed by atoms with van der Waals surface area (Å²) >= 11 is 0. The molecule has 29 heavy (non-hydrogen) atoms. The fraction of sp³-hybridized carbons (Fsp3) is 0.458. The number of nitrogens with one attached hydrogen (secondary N) is 1. The van der Waals surface area contributed by atoms with Crippen LogP contribution in [0.25, 0.3) is 0 Å². The van der Waals surface area contributed by atoms with Crippen LogP contribution in [0, 0.1) is 13.8 Å². The van der Waals surface area contributed by atoms with Gasteiger partial charge in [0.15, 0.2) is 6.10 Å². The van der Waals surface area contributed by atoms with Crippen LogP contribution < -0.4 is 10.1 Å². The average molecular weight is 397 g/mol. The quantitative estimate of drug-likeness (QED) is 0.741. The zero-order valence-corrected chi connectivity index (χ0v) is 17.7. The second kappa shape index (κ2) is 10.4. The number of ether oxygens (including phenoxy) is 2. The van der Waals surface area contributed by atoms with E-state index < -0.39 is 6.10 Å². The van der Waals surface area contributed by atoms with Crippen LogP contribution in [0.1, 0.15) is 35.6 Å². The van der Waals surface area contributed by atoms with Crippen LogP contribution in [0.4, 0.5) is 0 Å². The van der Waals surface area contributed by atoms with Crippen LogP contribution >= 0.6 is 0 Å². The van der Waals surface area contributed by atoms with Crippen LogP contribution in [0.5, 0.6) is 5.75 Å². The first-order chi connectivity index (χ1) is 14.0. The summed E-state index contributed by atoms with van der Waals surface area (Å²) < 4.78 is 11.4. The Hall–Kier alpha value is -2.37. The van der Waals surface area contributed by atoms with Crippen LogP contribution in [-0.4, -0.2) is 43.2 Å². The van der Waals surface area contributed by atoms with Crippen molar-refractivity contribution in [3.8, 4) is 5.75 Å². The van der Waals surface area contributed by atoms with Gasteiger partial charge in [0.2, 0.25) is 0 Å². The summed E-state index contributed by atoms with van der Waals surface area (Å²) in [5.74, 6) is 0.659. The zero-order chi connectivity index (χ0) is 20.6. The van der Waals surface area contributed by atoms with E-state index in [4.69, 9.17) is 9.47 Å². The standard InChI is InChI=1S/C24H32N2O3/c1-4-23(29-22-9-8-18(2)19(3)14-22)24(27)25-16-20-6-5-7-21(15-20)17-26-10-12-28-13-11-26/h5-9,14-15,23H,4,10-13,16-17H2,1-3H3,(H,25,27)/t23-/m0/s1. The fourth-order valence-corrected chi connectivity index (χ4v) is 3.43. The van der Waals surface area contributed by atoms with Crippen molar-refractivity contribution in [3.05, 3.63) is 64.7 Å². The Kier molecular flexibility index (Phi) is 7.67. The summed E-state index contributed by atoms with van der Waals surface area (Å²) in [5.41, 5.74) is 4.74.